The molecule has 1 heterocycles. The van der Waals surface area contributed by atoms with Crippen molar-refractivity contribution < 1.29 is 19.9 Å². The number of fused-ring (bicyclic) bond motifs is 1. The van der Waals surface area contributed by atoms with E-state index in [0.717, 1.165) is 0 Å². The Kier molecular flexibility index (Phi) is 3.90. The molecule has 2 aromatic carbocycles. The third-order valence-corrected chi connectivity index (χ3v) is 3.90. The smallest absolute Gasteiger partial charge is 0.336 e. The van der Waals surface area contributed by atoms with E-state index in [9.17, 15) is 25.1 Å². The Labute approximate surface area is 143 Å². The summed E-state index contributed by atoms with van der Waals surface area (Å²) in [4.78, 5) is 26.2. The largest absolute Gasteiger partial charge is 0.506 e. The number of nitro benzene ring substituents is 1. The van der Waals surface area contributed by atoms with Gasteiger partial charge >= 0.3 is 5.97 Å². The molecular weight excluding hydrogens is 380 g/mol. The van der Waals surface area contributed by atoms with Gasteiger partial charge in [-0.15, -0.1) is 0 Å². The van der Waals surface area contributed by atoms with Gasteiger partial charge in [-0.2, -0.15) is 0 Å². The number of hydrogen-bond acceptors (Lipinski definition) is 5. The van der Waals surface area contributed by atoms with E-state index < -0.39 is 10.9 Å². The van der Waals surface area contributed by atoms with Crippen LogP contribution in [0.15, 0.2) is 46.9 Å². The molecule has 0 aliphatic rings. The van der Waals surface area contributed by atoms with Gasteiger partial charge in [-0.1, -0.05) is 28.1 Å². The van der Waals surface area contributed by atoms with E-state index >= 15 is 0 Å². The van der Waals surface area contributed by atoms with Crippen molar-refractivity contribution >= 4 is 38.5 Å². The summed E-state index contributed by atoms with van der Waals surface area (Å²) in [6.07, 6.45) is 0. The minimum atomic E-state index is -1.19. The molecule has 120 valence electrons. The van der Waals surface area contributed by atoms with E-state index in [-0.39, 0.29) is 33.6 Å². The Morgan fingerprint density at radius 2 is 1.96 bits per heavy atom. The molecule has 1 aromatic heterocycles. The van der Waals surface area contributed by atoms with Gasteiger partial charge in [0, 0.05) is 27.6 Å². The molecule has 0 atom stereocenters. The predicted octanol–water partition coefficient (Wildman–Crippen LogP) is 3.98. The zero-order valence-corrected chi connectivity index (χ0v) is 13.5. The highest BCUT2D eigenvalue weighted by Crippen LogP contribution is 2.33. The molecule has 0 bridgehead atoms. The molecule has 0 fully saturated rings. The van der Waals surface area contributed by atoms with Gasteiger partial charge in [-0.05, 0) is 18.2 Å². The third kappa shape index (κ3) is 2.79. The topological polar surface area (TPSA) is 114 Å². The summed E-state index contributed by atoms with van der Waals surface area (Å²) in [6, 6.07) is 9.98. The van der Waals surface area contributed by atoms with E-state index in [4.69, 9.17) is 0 Å². The van der Waals surface area contributed by atoms with Crippen LogP contribution in [0.3, 0.4) is 0 Å². The third-order valence-electron chi connectivity index (χ3n) is 3.44. The van der Waals surface area contributed by atoms with Crippen LogP contribution in [0.4, 0.5) is 5.69 Å². The van der Waals surface area contributed by atoms with Gasteiger partial charge < -0.3 is 10.2 Å². The van der Waals surface area contributed by atoms with Crippen LogP contribution in [0.2, 0.25) is 0 Å². The fourth-order valence-corrected chi connectivity index (χ4v) is 2.82. The van der Waals surface area contributed by atoms with Gasteiger partial charge in [0.05, 0.1) is 16.2 Å². The van der Waals surface area contributed by atoms with Gasteiger partial charge in [-0.25, -0.2) is 9.78 Å². The summed E-state index contributed by atoms with van der Waals surface area (Å²) in [6.45, 7) is 0. The van der Waals surface area contributed by atoms with Crippen molar-refractivity contribution in [3.05, 3.63) is 62.6 Å². The van der Waals surface area contributed by atoms with Gasteiger partial charge in [0.1, 0.15) is 11.3 Å². The highest BCUT2D eigenvalue weighted by Gasteiger charge is 2.17. The first-order valence-corrected chi connectivity index (χ1v) is 7.47. The number of halogens is 1. The first kappa shape index (κ1) is 15.9. The van der Waals surface area contributed by atoms with Crippen LogP contribution in [0.1, 0.15) is 10.4 Å². The summed E-state index contributed by atoms with van der Waals surface area (Å²) >= 11 is 3.20. The molecular formula is C16H9BrN2O5. The second kappa shape index (κ2) is 5.89. The van der Waals surface area contributed by atoms with Crippen LogP contribution in [0, 0.1) is 10.1 Å². The van der Waals surface area contributed by atoms with Crippen LogP contribution in [0.5, 0.6) is 5.75 Å². The number of phenols is 1. The summed E-state index contributed by atoms with van der Waals surface area (Å²) in [5, 5.41) is 30.7. The number of aromatic nitrogens is 1. The van der Waals surface area contributed by atoms with Gasteiger partial charge in [0.2, 0.25) is 0 Å². The van der Waals surface area contributed by atoms with Crippen molar-refractivity contribution in [1.82, 2.24) is 4.98 Å². The summed E-state index contributed by atoms with van der Waals surface area (Å²) in [5.41, 5.74) is 0.529. The summed E-state index contributed by atoms with van der Waals surface area (Å²) < 4.78 is 0.514. The fraction of sp³-hybridized carbons (Fsp3) is 0. The molecule has 0 spiro atoms. The maximum absolute atomic E-state index is 11.6. The number of carboxylic acids is 1. The Morgan fingerprint density at radius 1 is 1.21 bits per heavy atom. The monoisotopic (exact) mass is 388 g/mol. The minimum absolute atomic E-state index is 0.0573. The van der Waals surface area contributed by atoms with Crippen LogP contribution in [0.25, 0.3) is 22.2 Å². The predicted molar refractivity (Wildman–Crippen MR) is 90.2 cm³/mol. The second-order valence-electron chi connectivity index (χ2n) is 4.99. The lowest BCUT2D eigenvalue weighted by Crippen LogP contribution is -2.01. The van der Waals surface area contributed by atoms with Crippen LogP contribution in [-0.2, 0) is 0 Å². The van der Waals surface area contributed by atoms with E-state index in [1.807, 2.05) is 0 Å². The van der Waals surface area contributed by atoms with Crippen LogP contribution in [-0.4, -0.2) is 26.1 Å². The number of pyridine rings is 1. The van der Waals surface area contributed by atoms with Crippen LogP contribution < -0.4 is 0 Å². The molecule has 0 aliphatic heterocycles. The molecule has 2 N–H and O–H groups in total. The van der Waals surface area contributed by atoms with Crippen molar-refractivity contribution in [2.45, 2.75) is 0 Å². The molecule has 0 unspecified atom stereocenters. The number of carboxylic acid groups (broad SMARTS) is 1. The highest BCUT2D eigenvalue weighted by atomic mass is 79.9. The molecule has 24 heavy (non-hydrogen) atoms. The lowest BCUT2D eigenvalue weighted by atomic mass is 10.0. The highest BCUT2D eigenvalue weighted by molar-refractivity contribution is 9.10. The molecule has 0 saturated heterocycles. The molecule has 8 heteroatoms. The number of nitrogens with zero attached hydrogens (tertiary/aromatic N) is 2. The summed E-state index contributed by atoms with van der Waals surface area (Å²) in [5.74, 6) is -1.37. The van der Waals surface area contributed by atoms with Crippen molar-refractivity contribution in [2.75, 3.05) is 0 Å². The number of non-ortho nitro benzene ring substituents is 1. The average Bonchev–Trinajstić information content (AvgIpc) is 2.54. The minimum Gasteiger partial charge on any atom is -0.506 e. The molecule has 3 aromatic rings. The number of nitro groups is 1. The lowest BCUT2D eigenvalue weighted by molar-refractivity contribution is -0.384. The molecule has 0 amide bonds. The number of hydrogen-bond donors (Lipinski definition) is 2. The van der Waals surface area contributed by atoms with Gasteiger partial charge in [-0.3, -0.25) is 10.1 Å². The molecule has 0 radical (unpaired) electrons. The number of phenolic OH excluding ortho intramolecular Hbond substituents is 1. The summed E-state index contributed by atoms with van der Waals surface area (Å²) in [7, 11) is 0. The molecule has 0 saturated carbocycles. The van der Waals surface area contributed by atoms with Gasteiger partial charge in [0.15, 0.2) is 0 Å². The maximum atomic E-state index is 11.6. The zero-order chi connectivity index (χ0) is 17.4. The van der Waals surface area contributed by atoms with Crippen molar-refractivity contribution in [1.29, 1.82) is 0 Å². The molecule has 0 aliphatic carbocycles. The molecule has 7 nitrogen and oxygen atoms in total. The standard InChI is InChI=1S/C16H9BrN2O5/c17-9-5-11-12(16(21)22)7-13(18-15(11)14(20)6-9)8-2-1-3-10(4-8)19(23)24/h1-7,20H,(H,21,22). The van der Waals surface area contributed by atoms with Gasteiger partial charge in [0.25, 0.3) is 5.69 Å². The Bertz CT molecular complexity index is 1000. The Morgan fingerprint density at radius 3 is 2.62 bits per heavy atom. The number of carbonyl (C=O) groups is 1. The average molecular weight is 389 g/mol. The van der Waals surface area contributed by atoms with Crippen LogP contribution >= 0.6 is 15.9 Å². The van der Waals surface area contributed by atoms with E-state index in [0.29, 0.717) is 10.0 Å². The van der Waals surface area contributed by atoms with E-state index in [1.54, 1.807) is 12.1 Å². The molecule has 3 rings (SSSR count). The second-order valence-corrected chi connectivity index (χ2v) is 5.90. The van der Waals surface area contributed by atoms with E-state index in [2.05, 4.69) is 20.9 Å². The fourth-order valence-electron chi connectivity index (χ4n) is 2.38. The number of aromatic carboxylic acids is 1. The first-order valence-electron chi connectivity index (χ1n) is 6.68. The first-order chi connectivity index (χ1) is 11.4. The SMILES string of the molecule is O=C(O)c1cc(-c2cccc([N+](=O)[O-])c2)nc2c(O)cc(Br)cc12. The number of rotatable bonds is 3. The van der Waals surface area contributed by atoms with Crippen molar-refractivity contribution in [3.8, 4) is 17.0 Å². The Hall–Kier alpha value is -3.00. The maximum Gasteiger partial charge on any atom is 0.336 e. The number of benzene rings is 2. The lowest BCUT2D eigenvalue weighted by Gasteiger charge is -2.09. The number of aromatic hydroxyl groups is 1. The Balaban J connectivity index is 2.32. The van der Waals surface area contributed by atoms with Crippen molar-refractivity contribution in [2.24, 2.45) is 0 Å². The van der Waals surface area contributed by atoms with Crippen molar-refractivity contribution in [3.63, 3.8) is 0 Å². The van der Waals surface area contributed by atoms with E-state index in [1.165, 1.54) is 30.3 Å². The normalized spacial score (nSPS) is 10.7. The quantitative estimate of drug-likeness (QED) is 0.518. The zero-order valence-electron chi connectivity index (χ0n) is 11.9.